The van der Waals surface area contributed by atoms with Crippen LogP contribution in [-0.4, -0.2) is 69.9 Å². The number of fused-ring (bicyclic) bond motifs is 1. The number of carbonyl (C=O) groups excluding carboxylic acids is 2. The number of hydrogen-bond donors (Lipinski definition) is 2. The van der Waals surface area contributed by atoms with E-state index < -0.39 is 17.9 Å². The first kappa shape index (κ1) is 21.4. The number of aromatic amines is 1. The predicted octanol–water partition coefficient (Wildman–Crippen LogP) is 2.08. The van der Waals surface area contributed by atoms with Crippen LogP contribution in [0.15, 0.2) is 25.0 Å². The summed E-state index contributed by atoms with van der Waals surface area (Å²) in [4.78, 5) is 38.0. The molecule has 8 nitrogen and oxygen atoms in total. The normalized spacial score (nSPS) is 23.4. The third kappa shape index (κ3) is 4.43. The summed E-state index contributed by atoms with van der Waals surface area (Å²) in [5.41, 5.74) is 1.86. The Bertz CT molecular complexity index is 1000. The average Bonchev–Trinajstić information content (AvgIpc) is 3.15. The number of carbonyl (C=O) groups is 2. The zero-order valence-corrected chi connectivity index (χ0v) is 17.2. The number of nitrogens with one attached hydrogen (secondary N) is 2. The zero-order chi connectivity index (χ0) is 22.2. The lowest BCUT2D eigenvalue weighted by Gasteiger charge is -2.37. The number of rotatable bonds is 6. The summed E-state index contributed by atoms with van der Waals surface area (Å²) in [6, 6.07) is -0.533. The number of piperidine rings is 1. The van der Waals surface area contributed by atoms with Crippen molar-refractivity contribution in [1.29, 1.82) is 0 Å². The molecule has 166 valence electrons. The molecule has 0 aromatic carbocycles. The minimum absolute atomic E-state index is 0.117. The molecular formula is C21H25F2N5O3. The van der Waals surface area contributed by atoms with Gasteiger partial charge in [0.1, 0.15) is 5.52 Å². The highest BCUT2D eigenvalue weighted by molar-refractivity contribution is 6.04. The van der Waals surface area contributed by atoms with Crippen LogP contribution in [0.25, 0.3) is 11.2 Å². The second kappa shape index (κ2) is 8.33. The molecule has 1 aliphatic carbocycles. The predicted molar refractivity (Wildman–Crippen MR) is 109 cm³/mol. The molecule has 2 aromatic heterocycles. The number of aromatic nitrogens is 3. The van der Waals surface area contributed by atoms with Crippen LogP contribution in [0.2, 0.25) is 0 Å². The highest BCUT2D eigenvalue weighted by Crippen LogP contribution is 2.37. The van der Waals surface area contributed by atoms with Gasteiger partial charge >= 0.3 is 0 Å². The van der Waals surface area contributed by atoms with Gasteiger partial charge in [0, 0.05) is 45.3 Å². The molecule has 31 heavy (non-hydrogen) atoms. The van der Waals surface area contributed by atoms with Crippen LogP contribution in [0.3, 0.4) is 0 Å². The lowest BCUT2D eigenvalue weighted by atomic mass is 9.88. The van der Waals surface area contributed by atoms with Crippen LogP contribution in [0.5, 0.6) is 0 Å². The van der Waals surface area contributed by atoms with Gasteiger partial charge in [-0.15, -0.1) is 0 Å². The Balaban J connectivity index is 1.46. The highest BCUT2D eigenvalue weighted by Gasteiger charge is 2.46. The Morgan fingerprint density at radius 2 is 2.23 bits per heavy atom. The van der Waals surface area contributed by atoms with Crippen molar-refractivity contribution in [3.8, 4) is 0 Å². The summed E-state index contributed by atoms with van der Waals surface area (Å²) in [5, 5.41) is 2.63. The van der Waals surface area contributed by atoms with Crippen LogP contribution in [0.4, 0.5) is 8.78 Å². The number of amides is 2. The Kier molecular flexibility index (Phi) is 5.74. The fourth-order valence-corrected chi connectivity index (χ4v) is 4.29. The Hall–Kier alpha value is -2.88. The van der Waals surface area contributed by atoms with Gasteiger partial charge in [-0.25, -0.2) is 18.7 Å². The van der Waals surface area contributed by atoms with Gasteiger partial charge in [0.25, 0.3) is 11.8 Å². The topological polar surface area (TPSA) is 100 Å². The maximum Gasteiger partial charge on any atom is 0.255 e. The second-order valence-electron chi connectivity index (χ2n) is 8.21. The van der Waals surface area contributed by atoms with Gasteiger partial charge in [0.2, 0.25) is 5.91 Å². The average molecular weight is 433 g/mol. The van der Waals surface area contributed by atoms with Crippen LogP contribution in [0, 0.1) is 5.92 Å². The minimum atomic E-state index is -2.70. The summed E-state index contributed by atoms with van der Waals surface area (Å²) in [6.45, 7) is 4.61. The summed E-state index contributed by atoms with van der Waals surface area (Å²) in [6.07, 6.45) is 4.94. The zero-order valence-electron chi connectivity index (χ0n) is 17.2. The molecule has 10 heteroatoms. The number of nitrogens with zero attached hydrogens (tertiary/aromatic N) is 3. The van der Waals surface area contributed by atoms with Gasteiger partial charge in [-0.05, 0) is 24.8 Å². The van der Waals surface area contributed by atoms with Crippen molar-refractivity contribution in [2.45, 2.75) is 43.8 Å². The number of likely N-dealkylation sites (tertiary alicyclic amines) is 1. The van der Waals surface area contributed by atoms with Gasteiger partial charge in [-0.2, -0.15) is 0 Å². The monoisotopic (exact) mass is 433 g/mol. The highest BCUT2D eigenvalue weighted by atomic mass is 19.3. The van der Waals surface area contributed by atoms with Crippen molar-refractivity contribution < 1.29 is 23.1 Å². The molecule has 2 amide bonds. The van der Waals surface area contributed by atoms with E-state index in [1.54, 1.807) is 18.2 Å². The van der Waals surface area contributed by atoms with E-state index in [2.05, 4.69) is 26.8 Å². The number of alkyl halides is 2. The summed E-state index contributed by atoms with van der Waals surface area (Å²) < 4.78 is 31.7. The number of hydrogen-bond acceptors (Lipinski definition) is 5. The molecule has 0 bridgehead atoms. The van der Waals surface area contributed by atoms with Crippen molar-refractivity contribution in [3.63, 3.8) is 0 Å². The number of H-pyrrole nitrogens is 1. The van der Waals surface area contributed by atoms with Gasteiger partial charge < -0.3 is 19.9 Å². The fourth-order valence-electron chi connectivity index (χ4n) is 4.29. The largest absolute Gasteiger partial charge is 0.379 e. The van der Waals surface area contributed by atoms with E-state index >= 15 is 0 Å². The van der Waals surface area contributed by atoms with Crippen LogP contribution in [-0.2, 0) is 16.0 Å². The smallest absolute Gasteiger partial charge is 0.255 e. The molecular weight excluding hydrogens is 408 g/mol. The third-order valence-corrected chi connectivity index (χ3v) is 6.06. The minimum Gasteiger partial charge on any atom is -0.379 e. The van der Waals surface area contributed by atoms with Crippen LogP contribution in [0.1, 0.15) is 35.3 Å². The molecule has 3 heterocycles. The molecule has 2 aliphatic rings. The van der Waals surface area contributed by atoms with E-state index in [4.69, 9.17) is 4.74 Å². The van der Waals surface area contributed by atoms with Gasteiger partial charge in [-0.3, -0.25) is 9.59 Å². The number of ether oxygens (including phenoxy) is 1. The molecule has 1 saturated heterocycles. The van der Waals surface area contributed by atoms with Gasteiger partial charge in [-0.1, -0.05) is 6.58 Å². The fraction of sp³-hybridized carbons (Fsp3) is 0.524. The quantitative estimate of drug-likeness (QED) is 0.680. The van der Waals surface area contributed by atoms with Crippen LogP contribution < -0.4 is 5.32 Å². The summed E-state index contributed by atoms with van der Waals surface area (Å²) >= 11 is 0. The molecule has 2 N–H and O–H groups in total. The van der Waals surface area contributed by atoms with E-state index in [1.165, 1.54) is 12.3 Å². The molecule has 2 aromatic rings. The molecule has 4 rings (SSSR count). The molecule has 2 atom stereocenters. The van der Waals surface area contributed by atoms with Crippen molar-refractivity contribution >= 4 is 23.0 Å². The standard InChI is InChI=1S/C21H25F2N5O3/c1-3-17(29)28-5-4-12(16(11-28)31-2)6-13-9-24-19-18(26-13)15(10-25-19)20(30)27-14-7-21(22,23)8-14/h3,9-10,12,14,16H,1,4-8,11H2,2H3,(H,24,25)(H,27,30)/t12-,16-/m1/s1. The Morgan fingerprint density at radius 3 is 2.90 bits per heavy atom. The Morgan fingerprint density at radius 1 is 1.45 bits per heavy atom. The molecule has 1 aliphatic heterocycles. The van der Waals surface area contributed by atoms with E-state index in [0.29, 0.717) is 36.4 Å². The van der Waals surface area contributed by atoms with Crippen molar-refractivity contribution in [1.82, 2.24) is 25.2 Å². The summed E-state index contributed by atoms with van der Waals surface area (Å²) in [5.74, 6) is -3.12. The van der Waals surface area contributed by atoms with Crippen molar-refractivity contribution in [3.05, 3.63) is 36.3 Å². The second-order valence-corrected chi connectivity index (χ2v) is 8.21. The lowest BCUT2D eigenvalue weighted by molar-refractivity contribution is -0.131. The molecule has 2 fully saturated rings. The van der Waals surface area contributed by atoms with Crippen LogP contribution >= 0.6 is 0 Å². The van der Waals surface area contributed by atoms with Gasteiger partial charge in [0.15, 0.2) is 5.65 Å². The molecule has 1 saturated carbocycles. The lowest BCUT2D eigenvalue weighted by Crippen LogP contribution is -2.50. The first-order valence-corrected chi connectivity index (χ1v) is 10.3. The van der Waals surface area contributed by atoms with E-state index in [0.717, 1.165) is 6.42 Å². The van der Waals surface area contributed by atoms with Crippen molar-refractivity contribution in [2.24, 2.45) is 5.92 Å². The number of halogens is 2. The van der Waals surface area contributed by atoms with E-state index in [9.17, 15) is 18.4 Å². The van der Waals surface area contributed by atoms with E-state index in [-0.39, 0.29) is 36.3 Å². The number of methoxy groups -OCH3 is 1. The third-order valence-electron chi connectivity index (χ3n) is 6.06. The van der Waals surface area contributed by atoms with Crippen molar-refractivity contribution in [2.75, 3.05) is 20.2 Å². The molecule has 0 spiro atoms. The Labute approximate surface area is 178 Å². The molecule has 0 radical (unpaired) electrons. The van der Waals surface area contributed by atoms with E-state index in [1.807, 2.05) is 0 Å². The first-order valence-electron chi connectivity index (χ1n) is 10.3. The SMILES string of the molecule is C=CC(=O)N1CC[C@H](Cc2cnc3[nH]cc(C(=O)NC4CC(F)(F)C4)c3n2)[C@H](OC)C1. The first-order chi connectivity index (χ1) is 14.8. The molecule has 0 unspecified atom stereocenters. The van der Waals surface area contributed by atoms with Gasteiger partial charge in [0.05, 0.1) is 23.6 Å². The summed E-state index contributed by atoms with van der Waals surface area (Å²) in [7, 11) is 1.62. The maximum atomic E-state index is 13.0. The maximum absolute atomic E-state index is 13.0.